The van der Waals surface area contributed by atoms with Gasteiger partial charge in [-0.2, -0.15) is 0 Å². The van der Waals surface area contributed by atoms with Crippen LogP contribution >= 0.6 is 11.8 Å². The molecule has 0 unspecified atom stereocenters. The summed E-state index contributed by atoms with van der Waals surface area (Å²) in [6.07, 6.45) is 0. The molecule has 1 saturated heterocycles. The van der Waals surface area contributed by atoms with E-state index >= 15 is 0 Å². The highest BCUT2D eigenvalue weighted by Gasteiger charge is 2.31. The summed E-state index contributed by atoms with van der Waals surface area (Å²) in [6.45, 7) is 0.534. The number of carbonyl (C=O) groups is 1. The first kappa shape index (κ1) is 14.8. The van der Waals surface area contributed by atoms with Crippen molar-refractivity contribution in [2.24, 2.45) is 0 Å². The van der Waals surface area contributed by atoms with E-state index in [1.807, 2.05) is 0 Å². The number of thioether (sulfide) groups is 1. The Bertz CT molecular complexity index is 695. The van der Waals surface area contributed by atoms with E-state index in [1.54, 1.807) is 40.9 Å². The number of amides is 2. The molecule has 2 amide bonds. The molecule has 2 aromatic rings. The van der Waals surface area contributed by atoms with Crippen LogP contribution in [0.5, 0.6) is 0 Å². The number of nitrogens with zero attached hydrogens (tertiary/aromatic N) is 1. The van der Waals surface area contributed by atoms with Gasteiger partial charge in [0.15, 0.2) is 0 Å². The summed E-state index contributed by atoms with van der Waals surface area (Å²) < 4.78 is 27.0. The molecule has 0 bridgehead atoms. The number of halogens is 2. The first-order valence-corrected chi connectivity index (χ1v) is 7.89. The van der Waals surface area contributed by atoms with Crippen LogP contribution in [0, 0.1) is 11.6 Å². The average Bonchev–Trinajstić information content (AvgIpc) is 2.99. The first-order valence-electron chi connectivity index (χ1n) is 6.84. The second kappa shape index (κ2) is 6.36. The summed E-state index contributed by atoms with van der Waals surface area (Å²) in [7, 11) is 0. The predicted molar refractivity (Wildman–Crippen MR) is 83.7 cm³/mol. The SMILES string of the molecule is O=C(Nc1ccccc1F)N1CCS[C@@H]1c1cccc(F)c1. The smallest absolute Gasteiger partial charge is 0.308 e. The topological polar surface area (TPSA) is 32.3 Å². The molecule has 1 N–H and O–H groups in total. The fraction of sp³-hybridized carbons (Fsp3) is 0.188. The molecule has 114 valence electrons. The third kappa shape index (κ3) is 3.06. The number of urea groups is 1. The molecule has 1 aliphatic heterocycles. The van der Waals surface area contributed by atoms with Gasteiger partial charge in [0.1, 0.15) is 17.0 Å². The highest BCUT2D eigenvalue weighted by atomic mass is 32.2. The van der Waals surface area contributed by atoms with Gasteiger partial charge in [-0.3, -0.25) is 0 Å². The fourth-order valence-electron chi connectivity index (χ4n) is 2.36. The number of anilines is 1. The molecule has 1 heterocycles. The van der Waals surface area contributed by atoms with E-state index < -0.39 is 5.82 Å². The van der Waals surface area contributed by atoms with Crippen LogP contribution in [0.15, 0.2) is 48.5 Å². The van der Waals surface area contributed by atoms with Crippen LogP contribution in [-0.2, 0) is 0 Å². The summed E-state index contributed by atoms with van der Waals surface area (Å²) in [6, 6.07) is 11.8. The molecule has 0 saturated carbocycles. The molecule has 22 heavy (non-hydrogen) atoms. The highest BCUT2D eigenvalue weighted by molar-refractivity contribution is 7.99. The van der Waals surface area contributed by atoms with Crippen molar-refractivity contribution in [3.8, 4) is 0 Å². The van der Waals surface area contributed by atoms with Gasteiger partial charge in [0.2, 0.25) is 0 Å². The number of hydrogen-bond donors (Lipinski definition) is 1. The minimum Gasteiger partial charge on any atom is -0.308 e. The van der Waals surface area contributed by atoms with E-state index in [2.05, 4.69) is 5.32 Å². The van der Waals surface area contributed by atoms with Crippen molar-refractivity contribution in [3.63, 3.8) is 0 Å². The molecule has 0 aromatic heterocycles. The second-order valence-electron chi connectivity index (χ2n) is 4.88. The number of nitrogens with one attached hydrogen (secondary N) is 1. The maximum absolute atomic E-state index is 13.6. The van der Waals surface area contributed by atoms with Gasteiger partial charge in [0, 0.05) is 12.3 Å². The van der Waals surface area contributed by atoms with Crippen LogP contribution in [0.4, 0.5) is 19.3 Å². The lowest BCUT2D eigenvalue weighted by Crippen LogP contribution is -2.34. The third-order valence-corrected chi connectivity index (χ3v) is 4.66. The van der Waals surface area contributed by atoms with Crippen molar-refractivity contribution in [1.29, 1.82) is 0 Å². The molecule has 0 aliphatic carbocycles. The normalized spacial score (nSPS) is 17.5. The van der Waals surface area contributed by atoms with Crippen molar-refractivity contribution in [1.82, 2.24) is 4.90 Å². The molecule has 1 fully saturated rings. The minimum absolute atomic E-state index is 0.141. The maximum atomic E-state index is 13.6. The number of hydrogen-bond acceptors (Lipinski definition) is 2. The molecule has 1 aliphatic rings. The highest BCUT2D eigenvalue weighted by Crippen LogP contribution is 2.38. The van der Waals surface area contributed by atoms with Crippen LogP contribution < -0.4 is 5.32 Å². The third-order valence-electron chi connectivity index (χ3n) is 3.40. The monoisotopic (exact) mass is 320 g/mol. The van der Waals surface area contributed by atoms with E-state index in [9.17, 15) is 13.6 Å². The van der Waals surface area contributed by atoms with Crippen molar-refractivity contribution in [2.45, 2.75) is 5.37 Å². The van der Waals surface area contributed by atoms with Crippen LogP contribution in [0.1, 0.15) is 10.9 Å². The molecule has 0 radical (unpaired) electrons. The van der Waals surface area contributed by atoms with Gasteiger partial charge >= 0.3 is 6.03 Å². The predicted octanol–water partition coefficient (Wildman–Crippen LogP) is 4.24. The van der Waals surface area contributed by atoms with E-state index in [4.69, 9.17) is 0 Å². The van der Waals surface area contributed by atoms with Crippen molar-refractivity contribution >= 4 is 23.5 Å². The molecule has 1 atom stereocenters. The van der Waals surface area contributed by atoms with E-state index in [-0.39, 0.29) is 22.9 Å². The summed E-state index contributed by atoms with van der Waals surface area (Å²) in [5, 5.41) is 2.31. The summed E-state index contributed by atoms with van der Waals surface area (Å²) in [5.74, 6) is -0.0595. The molecular formula is C16H14F2N2OS. The maximum Gasteiger partial charge on any atom is 0.323 e. The van der Waals surface area contributed by atoms with Crippen molar-refractivity contribution < 1.29 is 13.6 Å². The standard InChI is InChI=1S/C16H14F2N2OS/c17-12-5-3-4-11(10-12)15-20(8-9-22-15)16(21)19-14-7-2-1-6-13(14)18/h1-7,10,15H,8-9H2,(H,19,21)/t15-/m1/s1. The van der Waals surface area contributed by atoms with E-state index in [0.29, 0.717) is 6.54 Å². The Morgan fingerprint density at radius 1 is 1.18 bits per heavy atom. The Labute approximate surface area is 131 Å². The van der Waals surface area contributed by atoms with Gasteiger partial charge in [-0.1, -0.05) is 24.3 Å². The molecule has 2 aromatic carbocycles. The van der Waals surface area contributed by atoms with E-state index in [0.717, 1.165) is 11.3 Å². The zero-order valence-electron chi connectivity index (χ0n) is 11.6. The average molecular weight is 320 g/mol. The zero-order chi connectivity index (χ0) is 15.5. The van der Waals surface area contributed by atoms with Crippen LogP contribution in [0.25, 0.3) is 0 Å². The number of benzene rings is 2. The Balaban J connectivity index is 1.78. The summed E-state index contributed by atoms with van der Waals surface area (Å²) in [5.41, 5.74) is 0.869. The molecule has 6 heteroatoms. The van der Waals surface area contributed by atoms with Crippen LogP contribution in [-0.4, -0.2) is 23.2 Å². The molecule has 0 spiro atoms. The molecule has 3 nitrogen and oxygen atoms in total. The van der Waals surface area contributed by atoms with Crippen molar-refractivity contribution in [2.75, 3.05) is 17.6 Å². The first-order chi connectivity index (χ1) is 10.6. The number of rotatable bonds is 2. The zero-order valence-corrected chi connectivity index (χ0v) is 12.4. The minimum atomic E-state index is -0.481. The van der Waals surface area contributed by atoms with Crippen LogP contribution in [0.2, 0.25) is 0 Å². The Kier molecular flexibility index (Phi) is 4.29. The largest absolute Gasteiger partial charge is 0.323 e. The lowest BCUT2D eigenvalue weighted by atomic mass is 10.2. The number of para-hydroxylation sites is 1. The van der Waals surface area contributed by atoms with Gasteiger partial charge in [0.05, 0.1) is 5.69 Å². The van der Waals surface area contributed by atoms with Gasteiger partial charge in [0.25, 0.3) is 0 Å². The quantitative estimate of drug-likeness (QED) is 0.897. The fourth-order valence-corrected chi connectivity index (χ4v) is 3.61. The summed E-state index contributed by atoms with van der Waals surface area (Å²) >= 11 is 1.56. The van der Waals surface area contributed by atoms with Gasteiger partial charge in [-0.15, -0.1) is 11.8 Å². The van der Waals surface area contributed by atoms with Crippen molar-refractivity contribution in [3.05, 3.63) is 65.7 Å². The second-order valence-corrected chi connectivity index (χ2v) is 6.07. The molecular weight excluding hydrogens is 306 g/mol. The number of carbonyl (C=O) groups excluding carboxylic acids is 1. The van der Waals surface area contributed by atoms with Gasteiger partial charge < -0.3 is 10.2 Å². The van der Waals surface area contributed by atoms with E-state index in [1.165, 1.54) is 24.3 Å². The summed E-state index contributed by atoms with van der Waals surface area (Å²) in [4.78, 5) is 14.0. The van der Waals surface area contributed by atoms with Crippen LogP contribution in [0.3, 0.4) is 0 Å². The Morgan fingerprint density at radius 2 is 2.00 bits per heavy atom. The van der Waals surface area contributed by atoms with Gasteiger partial charge in [-0.25, -0.2) is 13.6 Å². The Morgan fingerprint density at radius 3 is 2.77 bits per heavy atom. The lowest BCUT2D eigenvalue weighted by Gasteiger charge is -2.24. The molecule has 3 rings (SSSR count). The van der Waals surface area contributed by atoms with Gasteiger partial charge in [-0.05, 0) is 29.8 Å². The lowest BCUT2D eigenvalue weighted by molar-refractivity contribution is 0.214. The Hall–Kier alpha value is -2.08.